The number of benzene rings is 1. The summed E-state index contributed by atoms with van der Waals surface area (Å²) in [5.41, 5.74) is 1.51. The number of para-hydroxylation sites is 2. The van der Waals surface area contributed by atoms with Crippen molar-refractivity contribution < 1.29 is 19.4 Å². The maximum absolute atomic E-state index is 11.5. The molecule has 1 saturated heterocycles. The number of carboxylic acid groups (broad SMARTS) is 1. The van der Waals surface area contributed by atoms with Crippen LogP contribution in [0.4, 0.5) is 0 Å². The Morgan fingerprint density at radius 1 is 1.48 bits per heavy atom. The molecule has 1 aliphatic rings. The molecule has 0 aliphatic carbocycles. The number of carboxylic acids is 1. The molecule has 1 aliphatic heterocycles. The molecule has 0 radical (unpaired) electrons. The number of nitrogens with zero attached hydrogens (tertiary/aromatic N) is 2. The molecule has 2 heterocycles. The lowest BCUT2D eigenvalue weighted by molar-refractivity contribution is 0.0695. The second-order valence-corrected chi connectivity index (χ2v) is 4.91. The highest BCUT2D eigenvalue weighted by atomic mass is 16.5. The second kappa shape index (κ2) is 5.57. The van der Waals surface area contributed by atoms with Crippen LogP contribution in [0.25, 0.3) is 5.69 Å². The van der Waals surface area contributed by atoms with Gasteiger partial charge in [-0.1, -0.05) is 12.1 Å². The van der Waals surface area contributed by atoms with Gasteiger partial charge >= 0.3 is 5.97 Å². The first kappa shape index (κ1) is 13.6. The van der Waals surface area contributed by atoms with Crippen molar-refractivity contribution in [3.05, 3.63) is 41.7 Å². The Morgan fingerprint density at radius 2 is 2.29 bits per heavy atom. The van der Waals surface area contributed by atoms with Gasteiger partial charge in [-0.25, -0.2) is 9.48 Å². The normalized spacial score (nSPS) is 17.9. The van der Waals surface area contributed by atoms with E-state index in [0.29, 0.717) is 30.3 Å². The fourth-order valence-electron chi connectivity index (χ4n) is 2.55. The summed E-state index contributed by atoms with van der Waals surface area (Å²) in [6.07, 6.45) is 2.33. The molecule has 2 aromatic rings. The lowest BCUT2D eigenvalue weighted by atomic mass is 10.0. The van der Waals surface area contributed by atoms with E-state index in [9.17, 15) is 9.90 Å². The van der Waals surface area contributed by atoms with Crippen molar-refractivity contribution in [2.75, 3.05) is 20.3 Å². The number of hydrogen-bond acceptors (Lipinski definition) is 4. The van der Waals surface area contributed by atoms with Crippen LogP contribution >= 0.6 is 0 Å². The van der Waals surface area contributed by atoms with Gasteiger partial charge in [0.1, 0.15) is 17.0 Å². The molecule has 0 amide bonds. The smallest absolute Gasteiger partial charge is 0.339 e. The molecule has 1 fully saturated rings. The van der Waals surface area contributed by atoms with E-state index < -0.39 is 5.97 Å². The van der Waals surface area contributed by atoms with Crippen molar-refractivity contribution in [3.63, 3.8) is 0 Å². The van der Waals surface area contributed by atoms with Gasteiger partial charge in [-0.15, -0.1) is 0 Å². The van der Waals surface area contributed by atoms with E-state index in [1.165, 1.54) is 6.20 Å². The SMILES string of the molecule is COc1ccccc1-n1cc(C(=O)O)c(C2CCOC2)n1. The predicted molar refractivity (Wildman–Crippen MR) is 75.3 cm³/mol. The number of ether oxygens (including phenoxy) is 2. The van der Waals surface area contributed by atoms with Gasteiger partial charge in [-0.05, 0) is 18.6 Å². The monoisotopic (exact) mass is 288 g/mol. The Hall–Kier alpha value is -2.34. The highest BCUT2D eigenvalue weighted by Crippen LogP contribution is 2.29. The lowest BCUT2D eigenvalue weighted by Gasteiger charge is -2.08. The minimum Gasteiger partial charge on any atom is -0.494 e. The molecule has 1 unspecified atom stereocenters. The molecular weight excluding hydrogens is 272 g/mol. The van der Waals surface area contributed by atoms with Crippen LogP contribution in [0.1, 0.15) is 28.4 Å². The lowest BCUT2D eigenvalue weighted by Crippen LogP contribution is -2.06. The van der Waals surface area contributed by atoms with E-state index in [1.807, 2.05) is 24.3 Å². The van der Waals surface area contributed by atoms with Crippen LogP contribution in [0.2, 0.25) is 0 Å². The van der Waals surface area contributed by atoms with Gasteiger partial charge < -0.3 is 14.6 Å². The van der Waals surface area contributed by atoms with E-state index >= 15 is 0 Å². The van der Waals surface area contributed by atoms with Gasteiger partial charge in [0.25, 0.3) is 0 Å². The molecule has 6 heteroatoms. The number of carbonyl (C=O) groups is 1. The summed E-state index contributed by atoms with van der Waals surface area (Å²) in [6.45, 7) is 1.16. The van der Waals surface area contributed by atoms with Gasteiger partial charge in [-0.2, -0.15) is 5.10 Å². The molecule has 0 saturated carbocycles. The zero-order chi connectivity index (χ0) is 14.8. The highest BCUT2D eigenvalue weighted by molar-refractivity contribution is 5.89. The zero-order valence-corrected chi connectivity index (χ0v) is 11.7. The Morgan fingerprint density at radius 3 is 2.95 bits per heavy atom. The quantitative estimate of drug-likeness (QED) is 0.932. The van der Waals surface area contributed by atoms with E-state index in [-0.39, 0.29) is 11.5 Å². The molecule has 0 spiro atoms. The minimum absolute atomic E-state index is 0.0343. The molecule has 1 aromatic carbocycles. The predicted octanol–water partition coefficient (Wildman–Crippen LogP) is 2.08. The summed E-state index contributed by atoms with van der Waals surface area (Å²) in [5, 5.41) is 13.9. The molecule has 1 aromatic heterocycles. The maximum Gasteiger partial charge on any atom is 0.339 e. The molecule has 0 bridgehead atoms. The highest BCUT2D eigenvalue weighted by Gasteiger charge is 2.27. The van der Waals surface area contributed by atoms with Crippen LogP contribution in [0.15, 0.2) is 30.5 Å². The Bertz CT molecular complexity index is 659. The van der Waals surface area contributed by atoms with Crippen molar-refractivity contribution >= 4 is 5.97 Å². The fraction of sp³-hybridized carbons (Fsp3) is 0.333. The molecule has 1 atom stereocenters. The van der Waals surface area contributed by atoms with Gasteiger partial charge in [0.2, 0.25) is 0 Å². The van der Waals surface area contributed by atoms with Crippen molar-refractivity contribution in [2.24, 2.45) is 0 Å². The largest absolute Gasteiger partial charge is 0.494 e. The summed E-state index contributed by atoms with van der Waals surface area (Å²) in [5.74, 6) is -0.295. The Balaban J connectivity index is 2.07. The molecule has 3 rings (SSSR count). The van der Waals surface area contributed by atoms with Crippen molar-refractivity contribution in [1.82, 2.24) is 9.78 Å². The summed E-state index contributed by atoms with van der Waals surface area (Å²) < 4.78 is 12.2. The first-order chi connectivity index (χ1) is 10.2. The first-order valence-corrected chi connectivity index (χ1v) is 6.74. The standard InChI is InChI=1S/C15H16N2O4/c1-20-13-5-3-2-4-12(13)17-8-11(15(18)19)14(16-17)10-6-7-21-9-10/h2-5,8,10H,6-7,9H2,1H3,(H,18,19). The Kier molecular flexibility index (Phi) is 3.62. The molecule has 110 valence electrons. The summed E-state index contributed by atoms with van der Waals surface area (Å²) in [7, 11) is 1.58. The van der Waals surface area contributed by atoms with Crippen LogP contribution < -0.4 is 4.74 Å². The number of rotatable bonds is 4. The topological polar surface area (TPSA) is 73.6 Å². The average molecular weight is 288 g/mol. The molecule has 21 heavy (non-hydrogen) atoms. The van der Waals surface area contributed by atoms with Crippen LogP contribution in [-0.4, -0.2) is 41.2 Å². The Labute approximate surface area is 121 Å². The van der Waals surface area contributed by atoms with Gasteiger partial charge in [0, 0.05) is 18.7 Å². The summed E-state index contributed by atoms with van der Waals surface area (Å²) in [6, 6.07) is 7.37. The first-order valence-electron chi connectivity index (χ1n) is 6.74. The summed E-state index contributed by atoms with van der Waals surface area (Å²) >= 11 is 0. The number of aromatic carboxylic acids is 1. The van der Waals surface area contributed by atoms with Crippen LogP contribution in [0, 0.1) is 0 Å². The number of methoxy groups -OCH3 is 1. The van der Waals surface area contributed by atoms with Crippen LogP contribution in [0.5, 0.6) is 5.75 Å². The van der Waals surface area contributed by atoms with Crippen molar-refractivity contribution in [3.8, 4) is 11.4 Å². The maximum atomic E-state index is 11.5. The third-order valence-electron chi connectivity index (χ3n) is 3.62. The van der Waals surface area contributed by atoms with Gasteiger partial charge in [0.15, 0.2) is 0 Å². The third-order valence-corrected chi connectivity index (χ3v) is 3.62. The fourth-order valence-corrected chi connectivity index (χ4v) is 2.55. The van der Waals surface area contributed by atoms with Crippen LogP contribution in [0.3, 0.4) is 0 Å². The molecular formula is C15H16N2O4. The van der Waals surface area contributed by atoms with Crippen molar-refractivity contribution in [1.29, 1.82) is 0 Å². The average Bonchev–Trinajstić information content (AvgIpc) is 3.16. The second-order valence-electron chi connectivity index (χ2n) is 4.91. The molecule has 1 N–H and O–H groups in total. The van der Waals surface area contributed by atoms with Crippen molar-refractivity contribution in [2.45, 2.75) is 12.3 Å². The summed E-state index contributed by atoms with van der Waals surface area (Å²) in [4.78, 5) is 11.5. The van der Waals surface area contributed by atoms with Gasteiger partial charge in [-0.3, -0.25) is 0 Å². The van der Waals surface area contributed by atoms with E-state index in [4.69, 9.17) is 9.47 Å². The van der Waals surface area contributed by atoms with E-state index in [2.05, 4.69) is 5.10 Å². The van der Waals surface area contributed by atoms with E-state index in [0.717, 1.165) is 6.42 Å². The number of hydrogen-bond donors (Lipinski definition) is 1. The van der Waals surface area contributed by atoms with Crippen LogP contribution in [-0.2, 0) is 4.74 Å². The zero-order valence-electron chi connectivity index (χ0n) is 11.7. The van der Waals surface area contributed by atoms with E-state index in [1.54, 1.807) is 11.8 Å². The number of aromatic nitrogens is 2. The molecule has 6 nitrogen and oxygen atoms in total. The minimum atomic E-state index is -0.974. The van der Waals surface area contributed by atoms with Gasteiger partial charge in [0.05, 0.1) is 19.4 Å². The third kappa shape index (κ3) is 2.50.